The maximum absolute atomic E-state index is 13.3. The third-order valence-electron chi connectivity index (χ3n) is 5.61. The summed E-state index contributed by atoms with van der Waals surface area (Å²) >= 11 is 0. The van der Waals surface area contributed by atoms with E-state index in [0.717, 1.165) is 37.4 Å². The predicted molar refractivity (Wildman–Crippen MR) is 95.8 cm³/mol. The molecule has 0 aromatic carbocycles. The summed E-state index contributed by atoms with van der Waals surface area (Å²) in [5.41, 5.74) is 0.893. The highest BCUT2D eigenvalue weighted by molar-refractivity contribution is 5.76. The zero-order chi connectivity index (χ0) is 19.0. The second-order valence-electron chi connectivity index (χ2n) is 7.60. The molecule has 146 valence electrons. The van der Waals surface area contributed by atoms with E-state index in [4.69, 9.17) is 0 Å². The number of aryl methyl sites for hydroxylation is 1. The Labute approximate surface area is 156 Å². The van der Waals surface area contributed by atoms with Gasteiger partial charge < -0.3 is 9.80 Å². The molecule has 27 heavy (non-hydrogen) atoms. The number of aromatic nitrogens is 4. The average molecular weight is 378 g/mol. The predicted octanol–water partition coefficient (Wildman–Crippen LogP) is 2.30. The van der Waals surface area contributed by atoms with Gasteiger partial charge in [-0.2, -0.15) is 14.6 Å². The molecule has 0 atom stereocenters. The van der Waals surface area contributed by atoms with Gasteiger partial charge in [0.25, 0.3) is 11.7 Å². The summed E-state index contributed by atoms with van der Waals surface area (Å²) < 4.78 is 28.3. The number of alkyl halides is 2. The van der Waals surface area contributed by atoms with Gasteiger partial charge in [-0.3, -0.25) is 4.79 Å². The standard InChI is InChI=1S/C18H24F2N6O/c1-13-10-15(26-17(23-13)21-12-22-26)24-6-2-14(3-7-24)11-16(27)25-8-4-18(19,20)5-9-25/h10,12,14H,2-9,11H2,1H3. The summed E-state index contributed by atoms with van der Waals surface area (Å²) in [5.74, 6) is -0.743. The second-order valence-corrected chi connectivity index (χ2v) is 7.60. The zero-order valence-electron chi connectivity index (χ0n) is 15.4. The molecule has 2 aliphatic rings. The van der Waals surface area contributed by atoms with Gasteiger partial charge in [-0.05, 0) is 25.7 Å². The van der Waals surface area contributed by atoms with Crippen LogP contribution in [0.2, 0.25) is 0 Å². The minimum Gasteiger partial charge on any atom is -0.356 e. The van der Waals surface area contributed by atoms with Crippen molar-refractivity contribution in [3.05, 3.63) is 18.1 Å². The van der Waals surface area contributed by atoms with Crippen molar-refractivity contribution >= 4 is 17.5 Å². The van der Waals surface area contributed by atoms with Crippen molar-refractivity contribution in [1.82, 2.24) is 24.5 Å². The Balaban J connectivity index is 1.34. The van der Waals surface area contributed by atoms with Gasteiger partial charge in [0.1, 0.15) is 12.1 Å². The fraction of sp³-hybridized carbons (Fsp3) is 0.667. The van der Waals surface area contributed by atoms with Crippen LogP contribution in [0.3, 0.4) is 0 Å². The number of likely N-dealkylation sites (tertiary alicyclic amines) is 1. The van der Waals surface area contributed by atoms with E-state index in [-0.39, 0.29) is 31.8 Å². The first-order valence-corrected chi connectivity index (χ1v) is 9.49. The number of anilines is 1. The molecule has 2 aromatic rings. The van der Waals surface area contributed by atoms with E-state index < -0.39 is 5.92 Å². The Morgan fingerprint density at radius 3 is 2.63 bits per heavy atom. The molecule has 2 aromatic heterocycles. The number of carbonyl (C=O) groups is 1. The van der Waals surface area contributed by atoms with Crippen molar-refractivity contribution in [3.8, 4) is 0 Å². The van der Waals surface area contributed by atoms with Gasteiger partial charge in [-0.25, -0.2) is 13.8 Å². The Morgan fingerprint density at radius 2 is 1.93 bits per heavy atom. The van der Waals surface area contributed by atoms with Crippen LogP contribution in [-0.4, -0.2) is 62.5 Å². The van der Waals surface area contributed by atoms with Gasteiger partial charge in [0.05, 0.1) is 0 Å². The van der Waals surface area contributed by atoms with E-state index in [2.05, 4.69) is 20.0 Å². The topological polar surface area (TPSA) is 66.6 Å². The van der Waals surface area contributed by atoms with Crippen LogP contribution < -0.4 is 4.90 Å². The molecule has 1 amide bonds. The highest BCUT2D eigenvalue weighted by atomic mass is 19.3. The van der Waals surface area contributed by atoms with Crippen LogP contribution in [0.5, 0.6) is 0 Å². The van der Waals surface area contributed by atoms with Crippen molar-refractivity contribution < 1.29 is 13.6 Å². The molecule has 0 bridgehead atoms. The number of halogens is 2. The van der Waals surface area contributed by atoms with Crippen LogP contribution in [-0.2, 0) is 4.79 Å². The van der Waals surface area contributed by atoms with Crippen molar-refractivity contribution in [3.63, 3.8) is 0 Å². The molecule has 0 saturated carbocycles. The second kappa shape index (κ2) is 7.01. The van der Waals surface area contributed by atoms with Crippen molar-refractivity contribution in [2.24, 2.45) is 5.92 Å². The summed E-state index contributed by atoms with van der Waals surface area (Å²) in [7, 11) is 0. The number of nitrogens with zero attached hydrogens (tertiary/aromatic N) is 6. The maximum atomic E-state index is 13.3. The van der Waals surface area contributed by atoms with E-state index >= 15 is 0 Å². The molecule has 0 aliphatic carbocycles. The Kier molecular flexibility index (Phi) is 4.69. The minimum absolute atomic E-state index is 0.0161. The average Bonchev–Trinajstić information content (AvgIpc) is 3.10. The highest BCUT2D eigenvalue weighted by Gasteiger charge is 2.36. The van der Waals surface area contributed by atoms with E-state index in [1.165, 1.54) is 6.33 Å². The van der Waals surface area contributed by atoms with Crippen LogP contribution in [0.4, 0.5) is 14.6 Å². The number of hydrogen-bond donors (Lipinski definition) is 0. The first-order chi connectivity index (χ1) is 12.9. The lowest BCUT2D eigenvalue weighted by atomic mass is 9.92. The molecular formula is C18H24F2N6O. The summed E-state index contributed by atoms with van der Waals surface area (Å²) in [6, 6.07) is 2.00. The van der Waals surface area contributed by atoms with Gasteiger partial charge >= 0.3 is 0 Å². The van der Waals surface area contributed by atoms with Crippen LogP contribution in [0.1, 0.15) is 37.8 Å². The Hall–Kier alpha value is -2.32. The van der Waals surface area contributed by atoms with E-state index in [1.54, 1.807) is 9.42 Å². The Bertz CT molecular complexity index is 820. The highest BCUT2D eigenvalue weighted by Crippen LogP contribution is 2.30. The van der Waals surface area contributed by atoms with Crippen LogP contribution >= 0.6 is 0 Å². The minimum atomic E-state index is -2.61. The van der Waals surface area contributed by atoms with Gasteiger partial charge in [-0.15, -0.1) is 0 Å². The van der Waals surface area contributed by atoms with Crippen LogP contribution in [0.25, 0.3) is 5.78 Å². The SMILES string of the molecule is Cc1cc(N2CCC(CC(=O)N3CCC(F)(F)CC3)CC2)n2ncnc2n1. The smallest absolute Gasteiger partial charge is 0.254 e. The van der Waals surface area contributed by atoms with Crippen LogP contribution in [0, 0.1) is 12.8 Å². The van der Waals surface area contributed by atoms with Crippen molar-refractivity contribution in [2.75, 3.05) is 31.1 Å². The van der Waals surface area contributed by atoms with Gasteiger partial charge in [0, 0.05) is 57.2 Å². The first-order valence-electron chi connectivity index (χ1n) is 9.49. The maximum Gasteiger partial charge on any atom is 0.254 e. The summed E-state index contributed by atoms with van der Waals surface area (Å²) in [6.45, 7) is 3.94. The zero-order valence-corrected chi connectivity index (χ0v) is 15.4. The summed E-state index contributed by atoms with van der Waals surface area (Å²) in [4.78, 5) is 24.8. The molecule has 4 heterocycles. The molecule has 0 unspecified atom stereocenters. The monoisotopic (exact) mass is 378 g/mol. The summed E-state index contributed by atoms with van der Waals surface area (Å²) in [6.07, 6.45) is 3.31. The molecule has 0 radical (unpaired) electrons. The van der Waals surface area contributed by atoms with Crippen molar-refractivity contribution in [2.45, 2.75) is 45.0 Å². The fourth-order valence-electron chi connectivity index (χ4n) is 3.96. The molecule has 9 heteroatoms. The quantitative estimate of drug-likeness (QED) is 0.820. The third kappa shape index (κ3) is 3.86. The summed E-state index contributed by atoms with van der Waals surface area (Å²) in [5, 5.41) is 4.25. The molecule has 4 rings (SSSR count). The lowest BCUT2D eigenvalue weighted by molar-refractivity contribution is -0.138. The molecule has 2 saturated heterocycles. The molecular weight excluding hydrogens is 354 g/mol. The number of rotatable bonds is 3. The number of amides is 1. The number of fused-ring (bicyclic) bond motifs is 1. The normalized spacial score (nSPS) is 21.0. The fourth-order valence-corrected chi connectivity index (χ4v) is 3.96. The van der Waals surface area contributed by atoms with Crippen molar-refractivity contribution in [1.29, 1.82) is 0 Å². The van der Waals surface area contributed by atoms with Gasteiger partial charge in [0.15, 0.2) is 0 Å². The van der Waals surface area contributed by atoms with Crippen LogP contribution in [0.15, 0.2) is 12.4 Å². The molecule has 2 fully saturated rings. The molecule has 0 spiro atoms. The van der Waals surface area contributed by atoms with E-state index in [0.29, 0.717) is 18.1 Å². The Morgan fingerprint density at radius 1 is 1.22 bits per heavy atom. The van der Waals surface area contributed by atoms with E-state index in [9.17, 15) is 13.6 Å². The largest absolute Gasteiger partial charge is 0.356 e. The lowest BCUT2D eigenvalue weighted by Gasteiger charge is -2.35. The van der Waals surface area contributed by atoms with Gasteiger partial charge in [-0.1, -0.05) is 0 Å². The molecule has 0 N–H and O–H groups in total. The van der Waals surface area contributed by atoms with Gasteiger partial charge in [0.2, 0.25) is 5.91 Å². The lowest BCUT2D eigenvalue weighted by Crippen LogP contribution is -2.44. The number of carbonyl (C=O) groups excluding carboxylic acids is 1. The van der Waals surface area contributed by atoms with E-state index in [1.807, 2.05) is 13.0 Å². The number of hydrogen-bond acceptors (Lipinski definition) is 5. The first kappa shape index (κ1) is 18.1. The molecule has 7 nitrogen and oxygen atoms in total. The number of piperidine rings is 2. The molecule has 2 aliphatic heterocycles. The third-order valence-corrected chi connectivity index (χ3v) is 5.61.